The summed E-state index contributed by atoms with van der Waals surface area (Å²) in [7, 11) is 0. The van der Waals surface area contributed by atoms with Crippen molar-refractivity contribution in [2.24, 2.45) is 0 Å². The second-order valence-corrected chi connectivity index (χ2v) is 6.10. The number of halogens is 4. The summed E-state index contributed by atoms with van der Waals surface area (Å²) in [6.45, 7) is -0.540. The summed E-state index contributed by atoms with van der Waals surface area (Å²) in [5.74, 6) is -4.48. The Bertz CT molecular complexity index is 1120. The summed E-state index contributed by atoms with van der Waals surface area (Å²) in [5, 5.41) is 9.56. The van der Waals surface area contributed by atoms with Crippen LogP contribution in [0.1, 0.15) is 22.7 Å². The first-order chi connectivity index (χ1) is 13.9. The number of hydrogen-bond donors (Lipinski definition) is 1. The first-order valence-corrected chi connectivity index (χ1v) is 8.37. The smallest absolute Gasteiger partial charge is 0.218 e. The van der Waals surface area contributed by atoms with E-state index in [1.807, 2.05) is 5.92 Å². The zero-order valence-corrected chi connectivity index (χ0v) is 14.8. The monoisotopic (exact) mass is 399 g/mol. The van der Waals surface area contributed by atoms with Crippen molar-refractivity contribution in [3.8, 4) is 23.6 Å². The van der Waals surface area contributed by atoms with Gasteiger partial charge in [0.15, 0.2) is 0 Å². The molecule has 7 heteroatoms. The summed E-state index contributed by atoms with van der Waals surface area (Å²) in [5.41, 5.74) is -0.828. The SMILES string of the molecule is C#CC(=O)C(c1ccc(CO)c(-c2ccc(F)cc2F)n1)c1c(F)cccc1F. The molecule has 3 nitrogen and oxygen atoms in total. The van der Waals surface area contributed by atoms with Gasteiger partial charge in [-0.2, -0.15) is 0 Å². The van der Waals surface area contributed by atoms with Crippen LogP contribution in [0, 0.1) is 35.6 Å². The first-order valence-electron chi connectivity index (χ1n) is 8.37. The van der Waals surface area contributed by atoms with Gasteiger partial charge in [-0.05, 0) is 36.3 Å². The molecule has 0 aliphatic rings. The van der Waals surface area contributed by atoms with Crippen LogP contribution in [0.2, 0.25) is 0 Å². The van der Waals surface area contributed by atoms with Crippen LogP contribution in [0.25, 0.3) is 11.3 Å². The third-order valence-electron chi connectivity index (χ3n) is 4.35. The highest BCUT2D eigenvalue weighted by atomic mass is 19.1. The van der Waals surface area contributed by atoms with Crippen molar-refractivity contribution in [1.29, 1.82) is 0 Å². The Labute approximate surface area is 163 Å². The van der Waals surface area contributed by atoms with Crippen LogP contribution in [0.4, 0.5) is 17.6 Å². The minimum absolute atomic E-state index is 0.103. The number of carbonyl (C=O) groups is 1. The zero-order valence-electron chi connectivity index (χ0n) is 14.8. The van der Waals surface area contributed by atoms with Gasteiger partial charge in [-0.25, -0.2) is 17.6 Å². The number of terminal acetylenes is 1. The minimum Gasteiger partial charge on any atom is -0.392 e. The number of pyridine rings is 1. The normalized spacial score (nSPS) is 11.7. The molecule has 2 aromatic carbocycles. The summed E-state index contributed by atoms with van der Waals surface area (Å²) in [6, 6.07) is 8.40. The number of nitrogens with zero attached hydrogens (tertiary/aromatic N) is 1. The van der Waals surface area contributed by atoms with Gasteiger partial charge in [0.25, 0.3) is 0 Å². The first kappa shape index (κ1) is 20.2. The second-order valence-electron chi connectivity index (χ2n) is 6.10. The van der Waals surface area contributed by atoms with E-state index in [1.165, 1.54) is 12.1 Å². The van der Waals surface area contributed by atoms with E-state index in [0.29, 0.717) is 6.07 Å². The molecule has 0 fully saturated rings. The largest absolute Gasteiger partial charge is 0.392 e. The lowest BCUT2D eigenvalue weighted by Gasteiger charge is -2.17. The maximum atomic E-state index is 14.3. The number of carbonyl (C=O) groups excluding carboxylic acids is 1. The highest BCUT2D eigenvalue weighted by Crippen LogP contribution is 2.32. The lowest BCUT2D eigenvalue weighted by Crippen LogP contribution is -2.17. The molecule has 0 radical (unpaired) electrons. The second kappa shape index (κ2) is 8.25. The molecule has 146 valence electrons. The van der Waals surface area contributed by atoms with Crippen molar-refractivity contribution < 1.29 is 27.5 Å². The number of rotatable bonds is 5. The molecule has 0 amide bonds. The van der Waals surface area contributed by atoms with Crippen molar-refractivity contribution in [1.82, 2.24) is 4.98 Å². The Morgan fingerprint density at radius 1 is 1.03 bits per heavy atom. The van der Waals surface area contributed by atoms with Crippen molar-refractivity contribution >= 4 is 5.78 Å². The van der Waals surface area contributed by atoms with Crippen LogP contribution in [-0.4, -0.2) is 15.9 Å². The van der Waals surface area contributed by atoms with Gasteiger partial charge in [-0.15, -0.1) is 6.42 Å². The molecule has 3 rings (SSSR count). The molecule has 0 spiro atoms. The zero-order chi connectivity index (χ0) is 21.1. The Hall–Kier alpha value is -3.50. The quantitative estimate of drug-likeness (QED) is 0.399. The van der Waals surface area contributed by atoms with E-state index in [2.05, 4.69) is 4.98 Å². The molecule has 1 N–H and O–H groups in total. The minimum atomic E-state index is -1.59. The van der Waals surface area contributed by atoms with Gasteiger partial charge in [0.05, 0.1) is 18.0 Å². The molecule has 0 saturated carbocycles. The van der Waals surface area contributed by atoms with Crippen molar-refractivity contribution in [2.45, 2.75) is 12.5 Å². The van der Waals surface area contributed by atoms with E-state index in [1.54, 1.807) is 0 Å². The van der Waals surface area contributed by atoms with E-state index in [0.717, 1.165) is 30.3 Å². The van der Waals surface area contributed by atoms with Crippen LogP contribution in [0.5, 0.6) is 0 Å². The molecule has 3 aromatic rings. The van der Waals surface area contributed by atoms with Gasteiger partial charge in [0.1, 0.15) is 29.2 Å². The number of benzene rings is 2. The molecule has 1 heterocycles. The lowest BCUT2D eigenvalue weighted by molar-refractivity contribution is -0.114. The predicted octanol–water partition coefficient (Wildman–Crippen LogP) is 4.13. The van der Waals surface area contributed by atoms with Crippen LogP contribution < -0.4 is 0 Å². The van der Waals surface area contributed by atoms with Crippen molar-refractivity contribution in [3.63, 3.8) is 0 Å². The van der Waals surface area contributed by atoms with E-state index in [4.69, 9.17) is 6.42 Å². The highest BCUT2D eigenvalue weighted by Gasteiger charge is 2.29. The standard InChI is InChI=1S/C22H13F4NO2/c1-2-19(29)21(20-15(24)4-3-5-16(20)25)18-9-6-12(11-28)22(27-18)14-8-7-13(23)10-17(14)26/h1,3-10,21,28H,11H2. The Morgan fingerprint density at radius 2 is 1.72 bits per heavy atom. The topological polar surface area (TPSA) is 50.2 Å². The number of ketones is 1. The molecule has 1 aromatic heterocycles. The molecule has 1 atom stereocenters. The Balaban J connectivity index is 2.26. The average Bonchev–Trinajstić information content (AvgIpc) is 2.70. The van der Waals surface area contributed by atoms with Gasteiger partial charge >= 0.3 is 0 Å². The predicted molar refractivity (Wildman–Crippen MR) is 97.6 cm³/mol. The Kier molecular flexibility index (Phi) is 5.76. The van der Waals surface area contributed by atoms with Crippen molar-refractivity contribution in [2.75, 3.05) is 0 Å². The van der Waals surface area contributed by atoms with Gasteiger partial charge in [-0.1, -0.05) is 12.1 Å². The van der Waals surface area contributed by atoms with Crippen molar-refractivity contribution in [3.05, 3.63) is 88.6 Å². The molecular weight excluding hydrogens is 386 g/mol. The Morgan fingerprint density at radius 3 is 2.31 bits per heavy atom. The molecule has 1 unspecified atom stereocenters. The van der Waals surface area contributed by atoms with Gasteiger partial charge in [-0.3, -0.25) is 9.78 Å². The number of aliphatic hydroxyl groups excluding tert-OH is 1. The third-order valence-corrected chi connectivity index (χ3v) is 4.35. The highest BCUT2D eigenvalue weighted by molar-refractivity contribution is 6.02. The number of hydrogen-bond acceptors (Lipinski definition) is 3. The van der Waals surface area contributed by atoms with Gasteiger partial charge in [0.2, 0.25) is 5.78 Å². The lowest BCUT2D eigenvalue weighted by atomic mass is 9.89. The van der Waals surface area contributed by atoms with Crippen LogP contribution in [0.3, 0.4) is 0 Å². The molecule has 0 aliphatic heterocycles. The maximum Gasteiger partial charge on any atom is 0.218 e. The van der Waals surface area contributed by atoms with E-state index in [-0.39, 0.29) is 22.5 Å². The number of Topliss-reactive ketones (excluding diaryl/α,β-unsaturated/α-hetero) is 1. The average molecular weight is 399 g/mol. The molecule has 0 saturated heterocycles. The summed E-state index contributed by atoms with van der Waals surface area (Å²) < 4.78 is 56.2. The number of aromatic nitrogens is 1. The molecular formula is C22H13F4NO2. The molecule has 0 aliphatic carbocycles. The summed E-state index contributed by atoms with van der Waals surface area (Å²) in [6.07, 6.45) is 5.18. The fourth-order valence-electron chi connectivity index (χ4n) is 2.99. The molecule has 29 heavy (non-hydrogen) atoms. The van der Waals surface area contributed by atoms with E-state index >= 15 is 0 Å². The third kappa shape index (κ3) is 3.89. The summed E-state index contributed by atoms with van der Waals surface area (Å²) >= 11 is 0. The maximum absolute atomic E-state index is 14.3. The van der Waals surface area contributed by atoms with Crippen LogP contribution in [-0.2, 0) is 11.4 Å². The summed E-state index contributed by atoms with van der Waals surface area (Å²) in [4.78, 5) is 16.5. The fourth-order valence-corrected chi connectivity index (χ4v) is 2.99. The number of aliphatic hydroxyl groups is 1. The van der Waals surface area contributed by atoms with Gasteiger partial charge in [0, 0.05) is 22.8 Å². The van der Waals surface area contributed by atoms with Crippen LogP contribution >= 0.6 is 0 Å². The van der Waals surface area contributed by atoms with E-state index < -0.39 is 47.1 Å². The fraction of sp³-hybridized carbons (Fsp3) is 0.0909. The van der Waals surface area contributed by atoms with E-state index in [9.17, 15) is 27.5 Å². The van der Waals surface area contributed by atoms with Gasteiger partial charge < -0.3 is 5.11 Å². The molecule has 0 bridgehead atoms. The van der Waals surface area contributed by atoms with Crippen LogP contribution in [0.15, 0.2) is 48.5 Å².